The molecule has 0 saturated heterocycles. The summed E-state index contributed by atoms with van der Waals surface area (Å²) >= 11 is 6.29. The highest BCUT2D eigenvalue weighted by Crippen LogP contribution is 2.47. The Balaban J connectivity index is 1.42. The van der Waals surface area contributed by atoms with E-state index >= 15 is 0 Å². The van der Waals surface area contributed by atoms with E-state index in [1.165, 1.54) is 6.07 Å². The summed E-state index contributed by atoms with van der Waals surface area (Å²) in [5.41, 5.74) is 4.63. The van der Waals surface area contributed by atoms with Crippen molar-refractivity contribution in [1.82, 2.24) is 15.1 Å². The number of aromatic nitrogens is 2. The fraction of sp³-hybridized carbons (Fsp3) is 0.152. The number of H-pyrrole nitrogens is 1. The van der Waals surface area contributed by atoms with Gasteiger partial charge in [-0.3, -0.25) is 9.89 Å². The standard InChI is InChI=1S/C33H28ClN3O5/c1-40-24-12-8-20(9-13-24)18-37-32(22-10-15-27(28(16-22)41-2)42-19-21-6-4-3-5-7-21)29-30(35-36-31(29)33(37)39)25-17-23(34)11-14-26(25)38/h3-17,32,38H,18-19H2,1-2H3,(H,35,36). The van der Waals surface area contributed by atoms with Gasteiger partial charge in [-0.05, 0) is 59.2 Å². The molecule has 2 heterocycles. The molecular formula is C33H28ClN3O5. The molecule has 1 atom stereocenters. The van der Waals surface area contributed by atoms with E-state index in [9.17, 15) is 9.90 Å². The van der Waals surface area contributed by atoms with Crippen LogP contribution >= 0.6 is 11.6 Å². The highest BCUT2D eigenvalue weighted by Gasteiger charge is 2.43. The summed E-state index contributed by atoms with van der Waals surface area (Å²) in [6, 6.07) is 27.3. The number of phenolic OH excluding ortho intramolecular Hbond substituents is 1. The maximum Gasteiger partial charge on any atom is 0.273 e. The van der Waals surface area contributed by atoms with Crippen molar-refractivity contribution in [3.63, 3.8) is 0 Å². The molecule has 0 aliphatic carbocycles. The van der Waals surface area contributed by atoms with E-state index in [4.69, 9.17) is 25.8 Å². The maximum absolute atomic E-state index is 13.9. The molecule has 0 saturated carbocycles. The highest BCUT2D eigenvalue weighted by atomic mass is 35.5. The number of aromatic amines is 1. The van der Waals surface area contributed by atoms with Crippen LogP contribution in [-0.4, -0.2) is 40.3 Å². The second-order valence-corrected chi connectivity index (χ2v) is 10.3. The lowest BCUT2D eigenvalue weighted by Crippen LogP contribution is -2.29. The molecule has 5 aromatic rings. The van der Waals surface area contributed by atoms with E-state index in [-0.39, 0.29) is 11.7 Å². The fourth-order valence-corrected chi connectivity index (χ4v) is 5.42. The van der Waals surface area contributed by atoms with Gasteiger partial charge in [0.1, 0.15) is 29.5 Å². The lowest BCUT2D eigenvalue weighted by Gasteiger charge is -2.27. The van der Waals surface area contributed by atoms with Crippen LogP contribution in [0.15, 0.2) is 91.0 Å². The first kappa shape index (κ1) is 27.2. The topological polar surface area (TPSA) is 96.9 Å². The zero-order chi connectivity index (χ0) is 29.2. The quantitative estimate of drug-likeness (QED) is 0.199. The molecule has 1 aliphatic heterocycles. The minimum absolute atomic E-state index is 0.00995. The number of fused-ring (bicyclic) bond motifs is 1. The summed E-state index contributed by atoms with van der Waals surface area (Å²) in [7, 11) is 3.20. The predicted octanol–water partition coefficient (Wildman–Crippen LogP) is 6.78. The highest BCUT2D eigenvalue weighted by molar-refractivity contribution is 6.31. The zero-order valence-corrected chi connectivity index (χ0v) is 23.8. The van der Waals surface area contributed by atoms with Gasteiger partial charge in [0.2, 0.25) is 0 Å². The van der Waals surface area contributed by atoms with Crippen molar-refractivity contribution in [3.8, 4) is 34.3 Å². The average Bonchev–Trinajstić information content (AvgIpc) is 3.56. The van der Waals surface area contributed by atoms with Crippen molar-refractivity contribution in [2.75, 3.05) is 14.2 Å². The van der Waals surface area contributed by atoms with E-state index in [0.717, 1.165) is 22.4 Å². The van der Waals surface area contributed by atoms with E-state index in [2.05, 4.69) is 10.2 Å². The Labute approximate surface area is 248 Å². The molecule has 9 heteroatoms. The average molecular weight is 582 g/mol. The molecule has 6 rings (SSSR count). The van der Waals surface area contributed by atoms with Crippen LogP contribution in [0.2, 0.25) is 5.02 Å². The minimum Gasteiger partial charge on any atom is -0.507 e. The third kappa shape index (κ3) is 5.12. The first-order valence-electron chi connectivity index (χ1n) is 13.3. The van der Waals surface area contributed by atoms with Crippen LogP contribution in [0.1, 0.15) is 38.8 Å². The van der Waals surface area contributed by atoms with E-state index in [0.29, 0.717) is 52.2 Å². The number of hydrogen-bond acceptors (Lipinski definition) is 6. The number of amides is 1. The molecule has 2 N–H and O–H groups in total. The molecule has 1 aliphatic rings. The van der Waals surface area contributed by atoms with Gasteiger partial charge >= 0.3 is 0 Å². The number of ether oxygens (including phenoxy) is 3. The van der Waals surface area contributed by atoms with Crippen molar-refractivity contribution in [2.24, 2.45) is 0 Å². The second kappa shape index (κ2) is 11.5. The maximum atomic E-state index is 13.9. The summed E-state index contributed by atoms with van der Waals surface area (Å²) in [4.78, 5) is 15.6. The molecule has 1 amide bonds. The first-order chi connectivity index (χ1) is 20.5. The zero-order valence-electron chi connectivity index (χ0n) is 23.0. The monoisotopic (exact) mass is 581 g/mol. The third-order valence-electron chi connectivity index (χ3n) is 7.33. The van der Waals surface area contributed by atoms with Crippen molar-refractivity contribution >= 4 is 17.5 Å². The number of nitrogens with one attached hydrogen (secondary N) is 1. The molecule has 1 unspecified atom stereocenters. The minimum atomic E-state index is -0.543. The molecule has 0 spiro atoms. The van der Waals surface area contributed by atoms with Crippen molar-refractivity contribution in [1.29, 1.82) is 0 Å². The summed E-state index contributed by atoms with van der Waals surface area (Å²) in [5.74, 6) is 1.64. The molecule has 0 fully saturated rings. The molecule has 42 heavy (non-hydrogen) atoms. The van der Waals surface area contributed by atoms with Gasteiger partial charge in [0.05, 0.1) is 20.3 Å². The molecule has 212 valence electrons. The van der Waals surface area contributed by atoms with Gasteiger partial charge in [-0.25, -0.2) is 0 Å². The van der Waals surface area contributed by atoms with Crippen molar-refractivity contribution in [2.45, 2.75) is 19.2 Å². The summed E-state index contributed by atoms with van der Waals surface area (Å²) < 4.78 is 17.1. The largest absolute Gasteiger partial charge is 0.507 e. The molecule has 0 bridgehead atoms. The van der Waals surface area contributed by atoms with Gasteiger partial charge in [-0.1, -0.05) is 60.1 Å². The van der Waals surface area contributed by atoms with Gasteiger partial charge in [-0.15, -0.1) is 0 Å². The molecule has 4 aromatic carbocycles. The number of methoxy groups -OCH3 is 2. The van der Waals surface area contributed by atoms with E-state index in [1.54, 1.807) is 31.3 Å². The Morgan fingerprint density at radius 3 is 2.43 bits per heavy atom. The number of carbonyl (C=O) groups is 1. The number of phenols is 1. The van der Waals surface area contributed by atoms with Crippen LogP contribution < -0.4 is 14.2 Å². The lowest BCUT2D eigenvalue weighted by atomic mass is 9.95. The van der Waals surface area contributed by atoms with Gasteiger partial charge < -0.3 is 24.2 Å². The first-order valence-corrected chi connectivity index (χ1v) is 13.7. The fourth-order valence-electron chi connectivity index (χ4n) is 5.25. The molecule has 8 nitrogen and oxygen atoms in total. The van der Waals surface area contributed by atoms with E-state index in [1.807, 2.05) is 72.8 Å². The van der Waals surface area contributed by atoms with Crippen LogP contribution in [0.25, 0.3) is 11.3 Å². The summed E-state index contributed by atoms with van der Waals surface area (Å²) in [6.45, 7) is 0.706. The van der Waals surface area contributed by atoms with Crippen LogP contribution in [-0.2, 0) is 13.2 Å². The Hall–Kier alpha value is -4.95. The number of carbonyl (C=O) groups excluding carboxylic acids is 1. The summed E-state index contributed by atoms with van der Waals surface area (Å²) in [5, 5.41) is 18.5. The Bertz CT molecular complexity index is 1740. The Morgan fingerprint density at radius 1 is 0.905 bits per heavy atom. The normalized spacial score (nSPS) is 14.1. The van der Waals surface area contributed by atoms with Crippen molar-refractivity contribution < 1.29 is 24.1 Å². The molecule has 0 radical (unpaired) electrons. The van der Waals surface area contributed by atoms with Crippen LogP contribution in [0, 0.1) is 0 Å². The Kier molecular flexibility index (Phi) is 7.46. The van der Waals surface area contributed by atoms with Gasteiger partial charge in [0, 0.05) is 22.7 Å². The smallest absolute Gasteiger partial charge is 0.273 e. The summed E-state index contributed by atoms with van der Waals surface area (Å²) in [6.07, 6.45) is 0. The van der Waals surface area contributed by atoms with Crippen molar-refractivity contribution in [3.05, 3.63) is 124 Å². The second-order valence-electron chi connectivity index (χ2n) is 9.89. The molecular weight excluding hydrogens is 554 g/mol. The number of benzene rings is 4. The van der Waals surface area contributed by atoms with Gasteiger partial charge in [-0.2, -0.15) is 5.10 Å². The Morgan fingerprint density at radius 2 is 1.69 bits per heavy atom. The van der Waals surface area contributed by atoms with Crippen LogP contribution in [0.4, 0.5) is 0 Å². The third-order valence-corrected chi connectivity index (χ3v) is 7.57. The SMILES string of the molecule is COc1ccc(CN2C(=O)c3[nH]nc(-c4cc(Cl)ccc4O)c3C2c2ccc(OCc3ccccc3)c(OC)c2)cc1. The van der Waals surface area contributed by atoms with E-state index < -0.39 is 6.04 Å². The van der Waals surface area contributed by atoms with Crippen LogP contribution in [0.3, 0.4) is 0 Å². The van der Waals surface area contributed by atoms with Gasteiger partial charge in [0.15, 0.2) is 11.5 Å². The van der Waals surface area contributed by atoms with Crippen LogP contribution in [0.5, 0.6) is 23.0 Å². The lowest BCUT2D eigenvalue weighted by molar-refractivity contribution is 0.0730. The number of aromatic hydroxyl groups is 1. The number of rotatable bonds is 9. The van der Waals surface area contributed by atoms with Gasteiger partial charge in [0.25, 0.3) is 5.91 Å². The number of hydrogen-bond donors (Lipinski definition) is 2. The number of nitrogens with zero attached hydrogens (tertiary/aromatic N) is 2. The predicted molar refractivity (Wildman–Crippen MR) is 159 cm³/mol. The molecule has 1 aromatic heterocycles. The number of halogens is 1.